The number of nitriles is 1. The van der Waals surface area contributed by atoms with Crippen molar-refractivity contribution in [1.82, 2.24) is 15.5 Å². The second kappa shape index (κ2) is 8.19. The van der Waals surface area contributed by atoms with Crippen molar-refractivity contribution in [2.45, 2.75) is 62.9 Å². The van der Waals surface area contributed by atoms with Gasteiger partial charge in [-0.2, -0.15) is 5.26 Å². The lowest BCUT2D eigenvalue weighted by molar-refractivity contribution is -0.135. The predicted octanol–water partition coefficient (Wildman–Crippen LogP) is 2.72. The van der Waals surface area contributed by atoms with Gasteiger partial charge in [0.15, 0.2) is 0 Å². The fraction of sp³-hybridized carbons (Fsp3) is 0.524. The van der Waals surface area contributed by atoms with Crippen molar-refractivity contribution in [3.8, 4) is 6.07 Å². The number of amides is 4. The van der Waals surface area contributed by atoms with Crippen LogP contribution in [0.5, 0.6) is 0 Å². The zero-order valence-corrected chi connectivity index (χ0v) is 16.5. The molecule has 1 aromatic rings. The highest BCUT2D eigenvalue weighted by Gasteiger charge is 2.52. The number of rotatable bonds is 7. The first-order chi connectivity index (χ1) is 13.9. The minimum atomic E-state index is -1.32. The Balaban J connectivity index is 1.81. The van der Waals surface area contributed by atoms with E-state index in [0.717, 1.165) is 24.2 Å². The van der Waals surface area contributed by atoms with E-state index in [1.165, 1.54) is 24.3 Å². The number of nitrogens with one attached hydrogen (secondary N) is 2. The van der Waals surface area contributed by atoms with E-state index >= 15 is 0 Å². The molecule has 1 heterocycles. The number of hydrogen-bond donors (Lipinski definition) is 2. The Morgan fingerprint density at radius 3 is 2.52 bits per heavy atom. The maximum absolute atomic E-state index is 13.4. The molecule has 154 valence electrons. The molecule has 1 saturated heterocycles. The summed E-state index contributed by atoms with van der Waals surface area (Å²) in [6.07, 6.45) is 4.64. The van der Waals surface area contributed by atoms with Gasteiger partial charge in [-0.3, -0.25) is 14.5 Å². The van der Waals surface area contributed by atoms with Crippen molar-refractivity contribution in [3.63, 3.8) is 0 Å². The van der Waals surface area contributed by atoms with E-state index in [4.69, 9.17) is 0 Å². The third-order valence-corrected chi connectivity index (χ3v) is 5.77. The summed E-state index contributed by atoms with van der Waals surface area (Å²) in [6, 6.07) is 6.95. The Hall–Kier alpha value is -2.95. The SMILES string of the molecule is CCCC[C@]1(c2ccc(F)cc2)NC(=O)N(CC(=O)NC2(C#N)CCCC2)C1=O. The third-order valence-electron chi connectivity index (χ3n) is 5.77. The van der Waals surface area contributed by atoms with E-state index in [1.54, 1.807) is 0 Å². The van der Waals surface area contributed by atoms with E-state index in [2.05, 4.69) is 16.7 Å². The fourth-order valence-electron chi connectivity index (χ4n) is 4.15. The van der Waals surface area contributed by atoms with Gasteiger partial charge in [-0.25, -0.2) is 9.18 Å². The molecule has 7 nitrogen and oxygen atoms in total. The van der Waals surface area contributed by atoms with Crippen molar-refractivity contribution < 1.29 is 18.8 Å². The topological polar surface area (TPSA) is 102 Å². The number of halogens is 1. The van der Waals surface area contributed by atoms with Crippen LogP contribution in [0.3, 0.4) is 0 Å². The molecule has 8 heteroatoms. The summed E-state index contributed by atoms with van der Waals surface area (Å²) in [5.41, 5.74) is -1.76. The highest BCUT2D eigenvalue weighted by Crippen LogP contribution is 2.34. The first kappa shape index (κ1) is 20.8. The maximum Gasteiger partial charge on any atom is 0.325 e. The molecular formula is C21H25FN4O3. The Kier molecular flexibility index (Phi) is 5.87. The van der Waals surface area contributed by atoms with Crippen LogP contribution in [0.1, 0.15) is 57.4 Å². The van der Waals surface area contributed by atoms with Crippen LogP contribution in [0.2, 0.25) is 0 Å². The van der Waals surface area contributed by atoms with Gasteiger partial charge in [-0.05, 0) is 49.8 Å². The lowest BCUT2D eigenvalue weighted by Gasteiger charge is -2.27. The number of hydrogen-bond acceptors (Lipinski definition) is 4. The normalized spacial score (nSPS) is 23.0. The Morgan fingerprint density at radius 1 is 1.28 bits per heavy atom. The molecule has 0 aromatic heterocycles. The van der Waals surface area contributed by atoms with Crippen LogP contribution in [-0.4, -0.2) is 34.8 Å². The van der Waals surface area contributed by atoms with Crippen molar-refractivity contribution in [1.29, 1.82) is 5.26 Å². The van der Waals surface area contributed by atoms with E-state index in [1.807, 2.05) is 6.92 Å². The maximum atomic E-state index is 13.4. The Labute approximate surface area is 169 Å². The molecular weight excluding hydrogens is 375 g/mol. The molecule has 29 heavy (non-hydrogen) atoms. The van der Waals surface area contributed by atoms with Crippen LogP contribution in [0.15, 0.2) is 24.3 Å². The highest BCUT2D eigenvalue weighted by atomic mass is 19.1. The van der Waals surface area contributed by atoms with Gasteiger partial charge in [0.2, 0.25) is 5.91 Å². The van der Waals surface area contributed by atoms with Gasteiger partial charge in [0.25, 0.3) is 5.91 Å². The summed E-state index contributed by atoms with van der Waals surface area (Å²) < 4.78 is 13.4. The van der Waals surface area contributed by atoms with Crippen LogP contribution in [-0.2, 0) is 15.1 Å². The van der Waals surface area contributed by atoms with Crippen LogP contribution in [0.4, 0.5) is 9.18 Å². The molecule has 3 rings (SSSR count). The van der Waals surface area contributed by atoms with Crippen LogP contribution >= 0.6 is 0 Å². The van der Waals surface area contributed by atoms with Crippen molar-refractivity contribution in [3.05, 3.63) is 35.6 Å². The summed E-state index contributed by atoms with van der Waals surface area (Å²) in [6.45, 7) is 1.51. The van der Waals surface area contributed by atoms with Gasteiger partial charge < -0.3 is 10.6 Å². The molecule has 0 radical (unpaired) electrons. The number of imide groups is 1. The lowest BCUT2D eigenvalue weighted by atomic mass is 9.85. The molecule has 2 aliphatic rings. The summed E-state index contributed by atoms with van der Waals surface area (Å²) in [4.78, 5) is 39.3. The standard InChI is InChI=1S/C21H25FN4O3/c1-2-3-12-21(15-6-8-16(22)9-7-15)18(28)26(19(29)25-21)13-17(27)24-20(14-23)10-4-5-11-20/h6-9H,2-5,10-13H2,1H3,(H,24,27)(H,25,29)/t21-/m1/s1. The molecule has 2 fully saturated rings. The molecule has 2 N–H and O–H groups in total. The number of carbonyl (C=O) groups is 3. The molecule has 4 amide bonds. The first-order valence-corrected chi connectivity index (χ1v) is 9.98. The highest BCUT2D eigenvalue weighted by molar-refractivity contribution is 6.09. The lowest BCUT2D eigenvalue weighted by Crippen LogP contribution is -2.50. The molecule has 1 saturated carbocycles. The summed E-state index contributed by atoms with van der Waals surface area (Å²) in [5.74, 6) is -1.51. The van der Waals surface area contributed by atoms with Gasteiger partial charge in [-0.15, -0.1) is 0 Å². The van der Waals surface area contributed by atoms with Gasteiger partial charge >= 0.3 is 6.03 Å². The number of urea groups is 1. The monoisotopic (exact) mass is 400 g/mol. The van der Waals surface area contributed by atoms with Crippen molar-refractivity contribution in [2.24, 2.45) is 0 Å². The molecule has 0 unspecified atom stereocenters. The first-order valence-electron chi connectivity index (χ1n) is 9.98. The van der Waals surface area contributed by atoms with Gasteiger partial charge in [0.05, 0.1) is 6.07 Å². The smallest absolute Gasteiger partial charge is 0.325 e. The van der Waals surface area contributed by atoms with E-state index < -0.39 is 41.3 Å². The van der Waals surface area contributed by atoms with Gasteiger partial charge in [-0.1, -0.05) is 31.9 Å². The van der Waals surface area contributed by atoms with Crippen LogP contribution in [0, 0.1) is 17.1 Å². The molecule has 1 aliphatic carbocycles. The van der Waals surface area contributed by atoms with Gasteiger partial charge in [0.1, 0.15) is 23.4 Å². The minimum absolute atomic E-state index is 0.347. The van der Waals surface area contributed by atoms with Crippen LogP contribution < -0.4 is 10.6 Å². The molecule has 0 spiro atoms. The average molecular weight is 400 g/mol. The minimum Gasteiger partial charge on any atom is -0.336 e. The Morgan fingerprint density at radius 2 is 1.93 bits per heavy atom. The van der Waals surface area contributed by atoms with Gasteiger partial charge in [0, 0.05) is 0 Å². The quantitative estimate of drug-likeness (QED) is 0.687. The van der Waals surface area contributed by atoms with E-state index in [9.17, 15) is 24.0 Å². The van der Waals surface area contributed by atoms with Crippen LogP contribution in [0.25, 0.3) is 0 Å². The molecule has 1 aromatic carbocycles. The second-order valence-electron chi connectivity index (χ2n) is 7.79. The number of carbonyl (C=O) groups excluding carboxylic acids is 3. The molecule has 0 bridgehead atoms. The number of nitrogens with zero attached hydrogens (tertiary/aromatic N) is 2. The second-order valence-corrected chi connectivity index (χ2v) is 7.79. The largest absolute Gasteiger partial charge is 0.336 e. The van der Waals surface area contributed by atoms with E-state index in [-0.39, 0.29) is 0 Å². The molecule has 1 atom stereocenters. The predicted molar refractivity (Wildman–Crippen MR) is 103 cm³/mol. The number of benzene rings is 1. The fourth-order valence-corrected chi connectivity index (χ4v) is 4.15. The van der Waals surface area contributed by atoms with Crippen molar-refractivity contribution in [2.75, 3.05) is 6.54 Å². The summed E-state index contributed by atoms with van der Waals surface area (Å²) in [7, 11) is 0. The molecule has 1 aliphatic heterocycles. The Bertz CT molecular complexity index is 842. The average Bonchev–Trinajstić information content (AvgIpc) is 3.26. The zero-order chi connectivity index (χ0) is 21.1. The third kappa shape index (κ3) is 3.95. The van der Waals surface area contributed by atoms with E-state index in [0.29, 0.717) is 31.2 Å². The van der Waals surface area contributed by atoms with Crippen molar-refractivity contribution >= 4 is 17.8 Å². The summed E-state index contributed by atoms with van der Waals surface area (Å²) in [5, 5.41) is 14.9. The summed E-state index contributed by atoms with van der Waals surface area (Å²) >= 11 is 0. The number of unbranched alkanes of at least 4 members (excludes halogenated alkanes) is 1. The zero-order valence-electron chi connectivity index (χ0n) is 16.5.